The van der Waals surface area contributed by atoms with Gasteiger partial charge >= 0.3 is 6.36 Å². The van der Waals surface area contributed by atoms with Crippen LogP contribution in [0.15, 0.2) is 84.9 Å². The molecule has 3 aromatic rings. The van der Waals surface area contributed by atoms with Crippen LogP contribution in [-0.2, 0) is 11.9 Å². The highest BCUT2D eigenvalue weighted by molar-refractivity contribution is 9.08. The Balaban J connectivity index is 0.000000273. The van der Waals surface area contributed by atoms with E-state index in [1.807, 2.05) is 48.5 Å². The first kappa shape index (κ1) is 20.8. The highest BCUT2D eigenvalue weighted by atomic mass is 79.9. The molecule has 0 saturated carbocycles. The number of halogens is 4. The largest absolute Gasteiger partial charge is 0.573 e. The predicted molar refractivity (Wildman–Crippen MR) is 103 cm³/mol. The van der Waals surface area contributed by atoms with Gasteiger partial charge in [0.15, 0.2) is 0 Å². The topological polar surface area (TPSA) is 18.5 Å². The second-order valence-electron chi connectivity index (χ2n) is 5.41. The first-order chi connectivity index (χ1) is 13.0. The minimum absolute atomic E-state index is 0.264. The normalized spacial score (nSPS) is 10.5. The lowest BCUT2D eigenvalue weighted by Crippen LogP contribution is -2.16. The van der Waals surface area contributed by atoms with E-state index in [1.165, 1.54) is 29.8 Å². The summed E-state index contributed by atoms with van der Waals surface area (Å²) in [6.45, 7) is 0.361. The van der Waals surface area contributed by atoms with Crippen LogP contribution in [0.4, 0.5) is 13.2 Å². The number of alkyl halides is 4. The van der Waals surface area contributed by atoms with Gasteiger partial charge in [-0.05, 0) is 35.4 Å². The maximum absolute atomic E-state index is 12.0. The molecule has 3 rings (SSSR count). The molecule has 6 heteroatoms. The molecular weight excluding hydrogens is 421 g/mol. The smallest absolute Gasteiger partial charge is 0.489 e. The lowest BCUT2D eigenvalue weighted by Gasteiger charge is -2.10. The average molecular weight is 439 g/mol. The Morgan fingerprint density at radius 3 is 1.59 bits per heavy atom. The molecule has 0 saturated heterocycles. The zero-order valence-corrected chi connectivity index (χ0v) is 15.9. The summed E-state index contributed by atoms with van der Waals surface area (Å²) < 4.78 is 45.1. The number of ether oxygens (including phenoxy) is 2. The summed E-state index contributed by atoms with van der Waals surface area (Å²) in [6, 6.07) is 25.1. The third-order valence-electron chi connectivity index (χ3n) is 3.30. The molecule has 0 aliphatic heterocycles. The van der Waals surface area contributed by atoms with E-state index in [2.05, 4.69) is 32.8 Å². The Hall–Kier alpha value is -2.47. The molecule has 0 aliphatic rings. The van der Waals surface area contributed by atoms with Gasteiger partial charge in [-0.2, -0.15) is 0 Å². The van der Waals surface area contributed by atoms with Crippen molar-refractivity contribution in [1.29, 1.82) is 0 Å². The van der Waals surface area contributed by atoms with E-state index < -0.39 is 6.36 Å². The van der Waals surface area contributed by atoms with Gasteiger partial charge in [0.2, 0.25) is 0 Å². The maximum Gasteiger partial charge on any atom is 0.573 e. The van der Waals surface area contributed by atoms with Crippen molar-refractivity contribution < 1.29 is 22.6 Å². The minimum Gasteiger partial charge on any atom is -0.489 e. The summed E-state index contributed by atoms with van der Waals surface area (Å²) in [5.74, 6) is 0.220. The SMILES string of the molecule is BrCc1ccccc1.FC(F)(F)Oc1ccc(OCc2ccccc2)cc1. The van der Waals surface area contributed by atoms with Crippen LogP contribution in [0.1, 0.15) is 11.1 Å². The molecule has 2 nitrogen and oxygen atoms in total. The van der Waals surface area contributed by atoms with Gasteiger partial charge in [-0.25, -0.2) is 0 Å². The molecule has 142 valence electrons. The van der Waals surface area contributed by atoms with Crippen LogP contribution in [0.2, 0.25) is 0 Å². The van der Waals surface area contributed by atoms with Crippen molar-refractivity contribution in [1.82, 2.24) is 0 Å². The van der Waals surface area contributed by atoms with Crippen molar-refractivity contribution >= 4 is 15.9 Å². The summed E-state index contributed by atoms with van der Waals surface area (Å²) in [5, 5.41) is 0.952. The molecule has 0 unspecified atom stereocenters. The van der Waals surface area contributed by atoms with E-state index in [0.717, 1.165) is 10.9 Å². The van der Waals surface area contributed by atoms with Crippen LogP contribution in [0, 0.1) is 0 Å². The minimum atomic E-state index is -4.67. The van der Waals surface area contributed by atoms with Crippen molar-refractivity contribution in [3.63, 3.8) is 0 Å². The lowest BCUT2D eigenvalue weighted by molar-refractivity contribution is -0.274. The van der Waals surface area contributed by atoms with Crippen molar-refractivity contribution in [2.45, 2.75) is 18.3 Å². The van der Waals surface area contributed by atoms with Gasteiger partial charge in [-0.1, -0.05) is 76.6 Å². The molecule has 0 spiro atoms. The van der Waals surface area contributed by atoms with Crippen LogP contribution < -0.4 is 9.47 Å². The van der Waals surface area contributed by atoms with Gasteiger partial charge in [-0.15, -0.1) is 13.2 Å². The molecule has 0 heterocycles. The van der Waals surface area contributed by atoms with Gasteiger partial charge < -0.3 is 9.47 Å². The van der Waals surface area contributed by atoms with E-state index in [-0.39, 0.29) is 5.75 Å². The van der Waals surface area contributed by atoms with E-state index in [4.69, 9.17) is 4.74 Å². The van der Waals surface area contributed by atoms with Crippen LogP contribution in [0.3, 0.4) is 0 Å². The molecule has 0 atom stereocenters. The average Bonchev–Trinajstić information content (AvgIpc) is 2.68. The Labute approximate surface area is 164 Å². The fourth-order valence-electron chi connectivity index (χ4n) is 2.05. The zero-order valence-electron chi connectivity index (χ0n) is 14.3. The molecule has 0 N–H and O–H groups in total. The third kappa shape index (κ3) is 8.64. The van der Waals surface area contributed by atoms with E-state index >= 15 is 0 Å². The summed E-state index contributed by atoms with van der Waals surface area (Å²) in [5.41, 5.74) is 2.31. The Morgan fingerprint density at radius 2 is 1.15 bits per heavy atom. The monoisotopic (exact) mass is 438 g/mol. The van der Waals surface area contributed by atoms with Gasteiger partial charge in [0.1, 0.15) is 18.1 Å². The Morgan fingerprint density at radius 1 is 0.667 bits per heavy atom. The molecule has 0 amide bonds. The zero-order chi connectivity index (χ0) is 19.5. The van der Waals surface area contributed by atoms with Crippen molar-refractivity contribution in [3.05, 3.63) is 96.1 Å². The van der Waals surface area contributed by atoms with Crippen molar-refractivity contribution in [2.24, 2.45) is 0 Å². The first-order valence-corrected chi connectivity index (χ1v) is 9.21. The third-order valence-corrected chi connectivity index (χ3v) is 3.95. The van der Waals surface area contributed by atoms with Crippen molar-refractivity contribution in [3.8, 4) is 11.5 Å². The highest BCUT2D eigenvalue weighted by Gasteiger charge is 2.30. The second-order valence-corrected chi connectivity index (χ2v) is 5.97. The molecule has 0 aliphatic carbocycles. The molecule has 27 heavy (non-hydrogen) atoms. The lowest BCUT2D eigenvalue weighted by atomic mass is 10.2. The van der Waals surface area contributed by atoms with Crippen LogP contribution in [0.5, 0.6) is 11.5 Å². The summed E-state index contributed by atoms with van der Waals surface area (Å²) in [7, 11) is 0. The Kier molecular flexibility index (Phi) is 8.20. The molecular formula is C21H18BrF3O2. The second kappa shape index (κ2) is 10.6. The van der Waals surface area contributed by atoms with Crippen LogP contribution in [0.25, 0.3) is 0 Å². The van der Waals surface area contributed by atoms with Crippen LogP contribution in [-0.4, -0.2) is 6.36 Å². The van der Waals surface area contributed by atoms with E-state index in [9.17, 15) is 13.2 Å². The number of hydrogen-bond acceptors (Lipinski definition) is 2. The summed E-state index contributed by atoms with van der Waals surface area (Å²) in [6.07, 6.45) is -4.67. The molecule has 3 aromatic carbocycles. The van der Waals surface area contributed by atoms with E-state index in [1.54, 1.807) is 0 Å². The van der Waals surface area contributed by atoms with Gasteiger partial charge in [0, 0.05) is 5.33 Å². The number of rotatable bonds is 5. The molecule has 0 bridgehead atoms. The van der Waals surface area contributed by atoms with Crippen LogP contribution >= 0.6 is 15.9 Å². The Bertz CT molecular complexity index is 776. The molecule has 0 fully saturated rings. The fourth-order valence-corrected chi connectivity index (χ4v) is 2.42. The quantitative estimate of drug-likeness (QED) is 0.410. The fraction of sp³-hybridized carbons (Fsp3) is 0.143. The standard InChI is InChI=1S/C14H11F3O2.C7H7Br/c15-14(16,17)19-13-8-6-12(7-9-13)18-10-11-4-2-1-3-5-11;8-6-7-4-2-1-3-5-7/h1-9H,10H2;1-5H,6H2. The number of hydrogen-bond donors (Lipinski definition) is 0. The molecule has 0 aromatic heterocycles. The van der Waals surface area contributed by atoms with Gasteiger partial charge in [0.05, 0.1) is 0 Å². The van der Waals surface area contributed by atoms with Crippen molar-refractivity contribution in [2.75, 3.05) is 0 Å². The first-order valence-electron chi connectivity index (χ1n) is 8.09. The maximum atomic E-state index is 12.0. The predicted octanol–water partition coefficient (Wildman–Crippen LogP) is 6.75. The van der Waals surface area contributed by atoms with E-state index in [0.29, 0.717) is 12.4 Å². The summed E-state index contributed by atoms with van der Waals surface area (Å²) >= 11 is 3.36. The highest BCUT2D eigenvalue weighted by Crippen LogP contribution is 2.25. The van der Waals surface area contributed by atoms with Gasteiger partial charge in [-0.3, -0.25) is 0 Å². The van der Waals surface area contributed by atoms with Gasteiger partial charge in [0.25, 0.3) is 0 Å². The number of benzene rings is 3. The molecule has 0 radical (unpaired) electrons. The summed E-state index contributed by atoms with van der Waals surface area (Å²) in [4.78, 5) is 0.